The smallest absolute Gasteiger partial charge is 0.428 e. The van der Waals surface area contributed by atoms with Crippen molar-refractivity contribution in [3.63, 3.8) is 0 Å². The van der Waals surface area contributed by atoms with Crippen LogP contribution < -0.4 is 10.7 Å². The Hall–Kier alpha value is -2.87. The fourth-order valence-electron chi connectivity index (χ4n) is 3.64. The number of carbonyl (C=O) groups is 1. The molecule has 3 heterocycles. The molecule has 1 amide bonds. The fourth-order valence-corrected chi connectivity index (χ4v) is 3.64. The Labute approximate surface area is 170 Å². The molecule has 2 aromatic rings. The second kappa shape index (κ2) is 7.87. The first-order chi connectivity index (χ1) is 13.9. The van der Waals surface area contributed by atoms with E-state index in [4.69, 9.17) is 9.47 Å². The Morgan fingerprint density at radius 3 is 2.86 bits per heavy atom. The minimum Gasteiger partial charge on any atom is -0.443 e. The van der Waals surface area contributed by atoms with Gasteiger partial charge in [0.25, 0.3) is 0 Å². The molecule has 0 aliphatic carbocycles. The molecule has 1 aromatic carbocycles. The number of nitrogens with zero attached hydrogens (tertiary/aromatic N) is 3. The Balaban J connectivity index is 1.49. The largest absolute Gasteiger partial charge is 0.443 e. The summed E-state index contributed by atoms with van der Waals surface area (Å²) in [5.41, 5.74) is 6.23. The number of benzene rings is 1. The number of anilines is 1. The zero-order valence-electron chi connectivity index (χ0n) is 17.0. The van der Waals surface area contributed by atoms with Crippen molar-refractivity contribution in [1.29, 1.82) is 0 Å². The number of rotatable bonds is 3. The lowest BCUT2D eigenvalue weighted by Gasteiger charge is -2.28. The molecule has 4 rings (SSSR count). The molecule has 1 aromatic heterocycles. The summed E-state index contributed by atoms with van der Waals surface area (Å²) in [4.78, 5) is 18.0. The molecule has 154 valence electrons. The zero-order valence-corrected chi connectivity index (χ0v) is 17.0. The van der Waals surface area contributed by atoms with Crippen molar-refractivity contribution in [3.05, 3.63) is 41.7 Å². The van der Waals surface area contributed by atoms with Crippen LogP contribution in [0.3, 0.4) is 0 Å². The van der Waals surface area contributed by atoms with E-state index in [1.54, 1.807) is 12.4 Å². The van der Waals surface area contributed by atoms with Gasteiger partial charge >= 0.3 is 6.09 Å². The van der Waals surface area contributed by atoms with Gasteiger partial charge in [0.2, 0.25) is 0 Å². The van der Waals surface area contributed by atoms with Crippen molar-refractivity contribution < 1.29 is 14.3 Å². The van der Waals surface area contributed by atoms with Crippen molar-refractivity contribution in [2.75, 3.05) is 24.0 Å². The van der Waals surface area contributed by atoms with E-state index in [0.29, 0.717) is 5.92 Å². The summed E-state index contributed by atoms with van der Waals surface area (Å²) in [5.74, 6) is 0.469. The van der Waals surface area contributed by atoms with E-state index in [9.17, 15) is 4.79 Å². The molecule has 1 fully saturated rings. The zero-order chi connectivity index (χ0) is 20.4. The van der Waals surface area contributed by atoms with E-state index in [0.717, 1.165) is 43.0 Å². The van der Waals surface area contributed by atoms with Gasteiger partial charge in [-0.05, 0) is 51.2 Å². The van der Waals surface area contributed by atoms with E-state index in [1.807, 2.05) is 33.1 Å². The van der Waals surface area contributed by atoms with Crippen LogP contribution in [-0.4, -0.2) is 41.0 Å². The normalized spacial score (nSPS) is 19.3. The number of amides is 1. The summed E-state index contributed by atoms with van der Waals surface area (Å²) in [5, 5.41) is 7.81. The van der Waals surface area contributed by atoms with E-state index in [2.05, 4.69) is 33.0 Å². The van der Waals surface area contributed by atoms with Gasteiger partial charge in [-0.2, -0.15) is 9.89 Å². The standard InChI is InChI=1S/C21H27N5O3/c1-21(2,3)29-20(27)25-26-13-15(11-23-26)18-12-22-17-6-4-5-16(19(17)24-18)14-7-9-28-10-8-14/h4-6,11-14,18,24H,7-10H2,1-3H3,(H,25,27). The molecule has 0 radical (unpaired) electrons. The summed E-state index contributed by atoms with van der Waals surface area (Å²) >= 11 is 0. The summed E-state index contributed by atoms with van der Waals surface area (Å²) < 4.78 is 10.8. The van der Waals surface area contributed by atoms with Crippen LogP contribution in [0.5, 0.6) is 0 Å². The summed E-state index contributed by atoms with van der Waals surface area (Å²) in [7, 11) is 0. The fraction of sp³-hybridized carbons (Fsp3) is 0.476. The Bertz CT molecular complexity index is 909. The van der Waals surface area contributed by atoms with E-state index < -0.39 is 11.7 Å². The first kappa shape index (κ1) is 19.4. The topological polar surface area (TPSA) is 89.8 Å². The summed E-state index contributed by atoms with van der Waals surface area (Å²) in [6.45, 7) is 7.04. The lowest BCUT2D eigenvalue weighted by molar-refractivity contribution is 0.0609. The second-order valence-corrected chi connectivity index (χ2v) is 8.36. The highest BCUT2D eigenvalue weighted by molar-refractivity contribution is 5.86. The number of para-hydroxylation sites is 1. The maximum absolute atomic E-state index is 12.0. The minimum atomic E-state index is -0.568. The molecule has 29 heavy (non-hydrogen) atoms. The Morgan fingerprint density at radius 1 is 1.31 bits per heavy atom. The van der Waals surface area contributed by atoms with Crippen LogP contribution in [0, 0.1) is 0 Å². The molecular weight excluding hydrogens is 370 g/mol. The van der Waals surface area contributed by atoms with Gasteiger partial charge in [-0.15, -0.1) is 0 Å². The number of fused-ring (bicyclic) bond motifs is 1. The first-order valence-corrected chi connectivity index (χ1v) is 9.95. The van der Waals surface area contributed by atoms with Crippen molar-refractivity contribution in [2.45, 2.75) is 51.2 Å². The lowest BCUT2D eigenvalue weighted by atomic mass is 9.89. The molecule has 8 nitrogen and oxygen atoms in total. The lowest BCUT2D eigenvalue weighted by Crippen LogP contribution is -2.31. The van der Waals surface area contributed by atoms with Gasteiger partial charge in [0.15, 0.2) is 0 Å². The number of aromatic nitrogens is 2. The van der Waals surface area contributed by atoms with Crippen LogP contribution in [0.1, 0.15) is 56.7 Å². The van der Waals surface area contributed by atoms with Crippen LogP contribution in [0.15, 0.2) is 35.6 Å². The number of nitrogens with one attached hydrogen (secondary N) is 2. The van der Waals surface area contributed by atoms with Gasteiger partial charge in [-0.3, -0.25) is 4.99 Å². The van der Waals surface area contributed by atoms with Crippen LogP contribution >= 0.6 is 0 Å². The second-order valence-electron chi connectivity index (χ2n) is 8.36. The van der Waals surface area contributed by atoms with Crippen LogP contribution in [-0.2, 0) is 9.47 Å². The predicted molar refractivity (Wildman–Crippen MR) is 112 cm³/mol. The van der Waals surface area contributed by atoms with Crippen molar-refractivity contribution in [3.8, 4) is 0 Å². The van der Waals surface area contributed by atoms with Crippen LogP contribution in [0.4, 0.5) is 16.2 Å². The van der Waals surface area contributed by atoms with Gasteiger partial charge in [0, 0.05) is 25.0 Å². The molecule has 1 saturated heterocycles. The Kier molecular flexibility index (Phi) is 5.27. The van der Waals surface area contributed by atoms with E-state index >= 15 is 0 Å². The third-order valence-electron chi connectivity index (χ3n) is 4.96. The average Bonchev–Trinajstić information content (AvgIpc) is 3.14. The molecule has 2 aliphatic rings. The van der Waals surface area contributed by atoms with Crippen LogP contribution in [0.2, 0.25) is 0 Å². The predicted octanol–water partition coefficient (Wildman–Crippen LogP) is 4.12. The van der Waals surface area contributed by atoms with Crippen molar-refractivity contribution in [1.82, 2.24) is 9.89 Å². The Morgan fingerprint density at radius 2 is 2.10 bits per heavy atom. The molecule has 0 spiro atoms. The number of aliphatic imine (C=N–C) groups is 1. The maximum Gasteiger partial charge on any atom is 0.428 e. The number of hydrogen-bond acceptors (Lipinski definition) is 6. The van der Waals surface area contributed by atoms with Gasteiger partial charge in [0.1, 0.15) is 5.60 Å². The van der Waals surface area contributed by atoms with Gasteiger partial charge in [0.05, 0.1) is 29.8 Å². The molecule has 1 atom stereocenters. The highest BCUT2D eigenvalue weighted by atomic mass is 16.6. The van der Waals surface area contributed by atoms with Crippen molar-refractivity contribution >= 4 is 23.7 Å². The molecule has 1 unspecified atom stereocenters. The van der Waals surface area contributed by atoms with Crippen molar-refractivity contribution in [2.24, 2.45) is 4.99 Å². The third-order valence-corrected chi connectivity index (χ3v) is 4.96. The molecule has 0 bridgehead atoms. The van der Waals surface area contributed by atoms with Crippen LogP contribution in [0.25, 0.3) is 0 Å². The maximum atomic E-state index is 12.0. The summed E-state index contributed by atoms with van der Waals surface area (Å²) in [6.07, 6.45) is 6.82. The third kappa shape index (κ3) is 4.59. The quantitative estimate of drug-likeness (QED) is 0.813. The number of hydrogen-bond donors (Lipinski definition) is 2. The van der Waals surface area contributed by atoms with Gasteiger partial charge in [-0.25, -0.2) is 10.2 Å². The molecule has 2 aliphatic heterocycles. The summed E-state index contributed by atoms with van der Waals surface area (Å²) in [6, 6.07) is 6.13. The van der Waals surface area contributed by atoms with E-state index in [1.165, 1.54) is 10.4 Å². The van der Waals surface area contributed by atoms with Gasteiger partial charge < -0.3 is 14.8 Å². The highest BCUT2D eigenvalue weighted by Gasteiger charge is 2.25. The molecule has 0 saturated carbocycles. The number of carbonyl (C=O) groups excluding carboxylic acids is 1. The monoisotopic (exact) mass is 397 g/mol. The average molecular weight is 397 g/mol. The molecule has 8 heteroatoms. The first-order valence-electron chi connectivity index (χ1n) is 9.95. The number of ether oxygens (including phenoxy) is 2. The minimum absolute atomic E-state index is 0.127. The SMILES string of the molecule is CC(C)(C)OC(=O)Nn1cc(C2C=Nc3cccc(C4CCOCC4)c3N2)cn1. The van der Waals surface area contributed by atoms with Gasteiger partial charge in [-0.1, -0.05) is 12.1 Å². The van der Waals surface area contributed by atoms with E-state index in [-0.39, 0.29) is 6.04 Å². The highest BCUT2D eigenvalue weighted by Crippen LogP contribution is 2.41. The molecule has 2 N–H and O–H groups in total. The molecular formula is C21H27N5O3.